The van der Waals surface area contributed by atoms with E-state index in [0.717, 1.165) is 12.3 Å². The van der Waals surface area contributed by atoms with Gasteiger partial charge in [-0.15, -0.1) is 0 Å². The SMILES string of the molecule is CCCCC(C#N)C1CCCCC1. The Morgan fingerprint density at radius 1 is 1.31 bits per heavy atom. The molecule has 1 heteroatoms. The maximum atomic E-state index is 9.05. The Kier molecular flexibility index (Phi) is 4.90. The summed E-state index contributed by atoms with van der Waals surface area (Å²) in [5.41, 5.74) is 0. The van der Waals surface area contributed by atoms with Crippen molar-refractivity contribution in [2.45, 2.75) is 58.3 Å². The highest BCUT2D eigenvalue weighted by molar-refractivity contribution is 4.89. The van der Waals surface area contributed by atoms with E-state index in [4.69, 9.17) is 5.26 Å². The maximum Gasteiger partial charge on any atom is 0.0658 e. The zero-order valence-electron chi connectivity index (χ0n) is 8.76. The molecule has 0 aliphatic heterocycles. The highest BCUT2D eigenvalue weighted by atomic mass is 14.3. The van der Waals surface area contributed by atoms with Gasteiger partial charge in [0.05, 0.1) is 6.07 Å². The molecule has 0 aromatic rings. The van der Waals surface area contributed by atoms with E-state index in [1.54, 1.807) is 0 Å². The summed E-state index contributed by atoms with van der Waals surface area (Å²) in [7, 11) is 0. The van der Waals surface area contributed by atoms with Gasteiger partial charge in [0.2, 0.25) is 0 Å². The van der Waals surface area contributed by atoms with Gasteiger partial charge in [-0.2, -0.15) is 5.26 Å². The first-order valence-corrected chi connectivity index (χ1v) is 5.78. The van der Waals surface area contributed by atoms with Gasteiger partial charge in [-0.05, 0) is 25.2 Å². The lowest BCUT2D eigenvalue weighted by Crippen LogP contribution is -2.16. The molecule has 1 saturated carbocycles. The first kappa shape index (κ1) is 10.6. The van der Waals surface area contributed by atoms with Gasteiger partial charge in [0.1, 0.15) is 0 Å². The summed E-state index contributed by atoms with van der Waals surface area (Å²) in [5, 5.41) is 9.05. The van der Waals surface area contributed by atoms with Gasteiger partial charge in [-0.3, -0.25) is 0 Å². The maximum absolute atomic E-state index is 9.05. The van der Waals surface area contributed by atoms with E-state index in [1.165, 1.54) is 44.9 Å². The van der Waals surface area contributed by atoms with Gasteiger partial charge in [0.15, 0.2) is 0 Å². The zero-order valence-corrected chi connectivity index (χ0v) is 8.76. The van der Waals surface area contributed by atoms with Crippen LogP contribution in [0.25, 0.3) is 0 Å². The number of nitrogens with zero attached hydrogens (tertiary/aromatic N) is 1. The van der Waals surface area contributed by atoms with Crippen LogP contribution in [0.5, 0.6) is 0 Å². The van der Waals surface area contributed by atoms with Crippen LogP contribution in [0.1, 0.15) is 58.3 Å². The van der Waals surface area contributed by atoms with Crippen molar-refractivity contribution in [2.24, 2.45) is 11.8 Å². The van der Waals surface area contributed by atoms with Crippen molar-refractivity contribution in [3.05, 3.63) is 0 Å². The third-order valence-electron chi connectivity index (χ3n) is 3.25. The Morgan fingerprint density at radius 3 is 2.54 bits per heavy atom. The lowest BCUT2D eigenvalue weighted by atomic mass is 9.78. The summed E-state index contributed by atoms with van der Waals surface area (Å²) in [6.07, 6.45) is 10.3. The Labute approximate surface area is 82.1 Å². The number of unbranched alkanes of at least 4 members (excludes halogenated alkanes) is 1. The summed E-state index contributed by atoms with van der Waals surface area (Å²) in [6, 6.07) is 2.51. The molecule has 0 aromatic carbocycles. The van der Waals surface area contributed by atoms with E-state index in [1.807, 2.05) is 0 Å². The standard InChI is InChI=1S/C12H21N/c1-2-3-7-12(10-13)11-8-5-4-6-9-11/h11-12H,2-9H2,1H3. The zero-order chi connectivity index (χ0) is 9.52. The van der Waals surface area contributed by atoms with E-state index < -0.39 is 0 Å². The van der Waals surface area contributed by atoms with Gasteiger partial charge >= 0.3 is 0 Å². The van der Waals surface area contributed by atoms with Crippen molar-refractivity contribution in [3.63, 3.8) is 0 Å². The number of hydrogen-bond acceptors (Lipinski definition) is 1. The molecule has 74 valence electrons. The van der Waals surface area contributed by atoms with Gasteiger partial charge in [0.25, 0.3) is 0 Å². The highest BCUT2D eigenvalue weighted by Crippen LogP contribution is 2.32. The predicted molar refractivity (Wildman–Crippen MR) is 55.2 cm³/mol. The molecule has 0 heterocycles. The van der Waals surface area contributed by atoms with Crippen molar-refractivity contribution in [3.8, 4) is 6.07 Å². The van der Waals surface area contributed by atoms with Crippen LogP contribution in [0.3, 0.4) is 0 Å². The average molecular weight is 179 g/mol. The van der Waals surface area contributed by atoms with Crippen LogP contribution in [0.15, 0.2) is 0 Å². The highest BCUT2D eigenvalue weighted by Gasteiger charge is 2.22. The summed E-state index contributed by atoms with van der Waals surface area (Å²) >= 11 is 0. The monoisotopic (exact) mass is 179 g/mol. The summed E-state index contributed by atoms with van der Waals surface area (Å²) in [5.74, 6) is 1.09. The second kappa shape index (κ2) is 6.02. The Morgan fingerprint density at radius 2 is 2.00 bits per heavy atom. The molecular formula is C12H21N. The fourth-order valence-electron chi connectivity index (χ4n) is 2.37. The van der Waals surface area contributed by atoms with Crippen LogP contribution in [0, 0.1) is 23.2 Å². The number of nitriles is 1. The number of rotatable bonds is 4. The minimum absolute atomic E-state index is 0.361. The molecule has 0 aromatic heterocycles. The molecule has 0 spiro atoms. The van der Waals surface area contributed by atoms with E-state index in [2.05, 4.69) is 13.0 Å². The molecule has 0 radical (unpaired) electrons. The molecule has 1 atom stereocenters. The molecule has 0 N–H and O–H groups in total. The van der Waals surface area contributed by atoms with Gasteiger partial charge < -0.3 is 0 Å². The summed E-state index contributed by atoms with van der Waals surface area (Å²) < 4.78 is 0. The van der Waals surface area contributed by atoms with Crippen molar-refractivity contribution >= 4 is 0 Å². The van der Waals surface area contributed by atoms with E-state index in [-0.39, 0.29) is 0 Å². The first-order valence-electron chi connectivity index (χ1n) is 5.78. The second-order valence-corrected chi connectivity index (χ2v) is 4.28. The van der Waals surface area contributed by atoms with E-state index >= 15 is 0 Å². The largest absolute Gasteiger partial charge is 0.198 e. The normalized spacial score (nSPS) is 20.9. The number of hydrogen-bond donors (Lipinski definition) is 0. The minimum Gasteiger partial charge on any atom is -0.198 e. The van der Waals surface area contributed by atoms with Gasteiger partial charge in [0, 0.05) is 5.92 Å². The van der Waals surface area contributed by atoms with E-state index in [9.17, 15) is 0 Å². The molecule has 1 aliphatic carbocycles. The van der Waals surface area contributed by atoms with Crippen molar-refractivity contribution < 1.29 is 0 Å². The van der Waals surface area contributed by atoms with Crippen LogP contribution in [0.4, 0.5) is 0 Å². The average Bonchev–Trinajstić information content (AvgIpc) is 2.21. The molecule has 0 bridgehead atoms. The minimum atomic E-state index is 0.361. The molecule has 1 aliphatic rings. The van der Waals surface area contributed by atoms with Crippen LogP contribution in [-0.4, -0.2) is 0 Å². The fourth-order valence-corrected chi connectivity index (χ4v) is 2.37. The van der Waals surface area contributed by atoms with Crippen LogP contribution >= 0.6 is 0 Å². The first-order chi connectivity index (χ1) is 6.38. The molecule has 1 nitrogen and oxygen atoms in total. The van der Waals surface area contributed by atoms with E-state index in [0.29, 0.717) is 5.92 Å². The lowest BCUT2D eigenvalue weighted by molar-refractivity contribution is 0.277. The van der Waals surface area contributed by atoms with Crippen molar-refractivity contribution in [2.75, 3.05) is 0 Å². The van der Waals surface area contributed by atoms with Gasteiger partial charge in [-0.1, -0.05) is 39.0 Å². The Bertz CT molecular complexity index is 162. The van der Waals surface area contributed by atoms with Crippen molar-refractivity contribution in [1.82, 2.24) is 0 Å². The summed E-state index contributed by atoms with van der Waals surface area (Å²) in [4.78, 5) is 0. The predicted octanol–water partition coefficient (Wildman–Crippen LogP) is 3.90. The molecule has 0 amide bonds. The second-order valence-electron chi connectivity index (χ2n) is 4.28. The van der Waals surface area contributed by atoms with Crippen molar-refractivity contribution in [1.29, 1.82) is 5.26 Å². The Hall–Kier alpha value is -0.510. The summed E-state index contributed by atoms with van der Waals surface area (Å²) in [6.45, 7) is 2.20. The Balaban J connectivity index is 2.31. The van der Waals surface area contributed by atoms with Crippen LogP contribution < -0.4 is 0 Å². The molecule has 1 fully saturated rings. The molecular weight excluding hydrogens is 158 g/mol. The third-order valence-corrected chi connectivity index (χ3v) is 3.25. The molecule has 13 heavy (non-hydrogen) atoms. The lowest BCUT2D eigenvalue weighted by Gasteiger charge is -2.25. The van der Waals surface area contributed by atoms with Crippen LogP contribution in [-0.2, 0) is 0 Å². The smallest absolute Gasteiger partial charge is 0.0658 e. The third kappa shape index (κ3) is 3.38. The molecule has 1 rings (SSSR count). The quantitative estimate of drug-likeness (QED) is 0.642. The molecule has 0 saturated heterocycles. The molecule has 1 unspecified atom stereocenters. The van der Waals surface area contributed by atoms with Gasteiger partial charge in [-0.25, -0.2) is 0 Å². The topological polar surface area (TPSA) is 23.8 Å². The fraction of sp³-hybridized carbons (Fsp3) is 0.917. The van der Waals surface area contributed by atoms with Crippen LogP contribution in [0.2, 0.25) is 0 Å².